The lowest BCUT2D eigenvalue weighted by molar-refractivity contribution is 0.0778. The molecule has 3 heterocycles. The van der Waals surface area contributed by atoms with Crippen molar-refractivity contribution in [3.8, 4) is 0 Å². The molecule has 2 aliphatic heterocycles. The van der Waals surface area contributed by atoms with Crippen molar-refractivity contribution >= 4 is 17.2 Å². The highest BCUT2D eigenvalue weighted by atomic mass is 32.1. The van der Waals surface area contributed by atoms with Crippen molar-refractivity contribution in [1.29, 1.82) is 0 Å². The predicted octanol–water partition coefficient (Wildman–Crippen LogP) is 2.72. The van der Waals surface area contributed by atoms with Crippen LogP contribution in [0.3, 0.4) is 0 Å². The highest BCUT2D eigenvalue weighted by molar-refractivity contribution is 7.14. The second kappa shape index (κ2) is 5.57. The van der Waals surface area contributed by atoms with Crippen LogP contribution in [0.1, 0.15) is 27.4 Å². The Balaban J connectivity index is 1.38. The van der Waals surface area contributed by atoms with E-state index in [9.17, 15) is 4.79 Å². The van der Waals surface area contributed by atoms with Crippen molar-refractivity contribution in [2.75, 3.05) is 26.2 Å². The van der Waals surface area contributed by atoms with Crippen LogP contribution in [0.25, 0.3) is 10.4 Å². The summed E-state index contributed by atoms with van der Waals surface area (Å²) in [7, 11) is 0. The fourth-order valence-electron chi connectivity index (χ4n) is 3.77. The van der Waals surface area contributed by atoms with Crippen molar-refractivity contribution in [2.24, 2.45) is 17.0 Å². The Morgan fingerprint density at radius 3 is 2.64 bits per heavy atom. The van der Waals surface area contributed by atoms with E-state index in [-0.39, 0.29) is 5.91 Å². The third kappa shape index (κ3) is 2.60. The van der Waals surface area contributed by atoms with Crippen LogP contribution in [0.15, 0.2) is 17.2 Å². The van der Waals surface area contributed by atoms with E-state index < -0.39 is 0 Å². The fraction of sp³-hybridized carbons (Fsp3) is 0.667. The van der Waals surface area contributed by atoms with Gasteiger partial charge >= 0.3 is 0 Å². The van der Waals surface area contributed by atoms with Crippen LogP contribution < -0.4 is 0 Å². The molecule has 1 aromatic rings. The number of likely N-dealkylation sites (tertiary alicyclic amines) is 2. The molecule has 1 amide bonds. The van der Waals surface area contributed by atoms with E-state index >= 15 is 0 Å². The monoisotopic (exact) mass is 317 g/mol. The van der Waals surface area contributed by atoms with Crippen LogP contribution in [0.4, 0.5) is 0 Å². The molecular formula is C15H19N5OS. The van der Waals surface area contributed by atoms with Crippen molar-refractivity contribution in [3.63, 3.8) is 0 Å². The summed E-state index contributed by atoms with van der Waals surface area (Å²) in [4.78, 5) is 21.7. The van der Waals surface area contributed by atoms with E-state index in [1.165, 1.54) is 37.3 Å². The van der Waals surface area contributed by atoms with E-state index in [2.05, 4.69) is 14.9 Å². The van der Waals surface area contributed by atoms with Crippen LogP contribution in [-0.2, 0) is 6.54 Å². The summed E-state index contributed by atoms with van der Waals surface area (Å²) in [6, 6.07) is 4.59. The molecule has 116 valence electrons. The van der Waals surface area contributed by atoms with Gasteiger partial charge in [0.15, 0.2) is 0 Å². The van der Waals surface area contributed by atoms with Crippen LogP contribution in [0, 0.1) is 11.8 Å². The molecule has 22 heavy (non-hydrogen) atoms. The van der Waals surface area contributed by atoms with Crippen LogP contribution in [0.5, 0.6) is 0 Å². The predicted molar refractivity (Wildman–Crippen MR) is 84.6 cm³/mol. The first-order valence-corrected chi connectivity index (χ1v) is 8.69. The lowest BCUT2D eigenvalue weighted by Gasteiger charge is -2.20. The van der Waals surface area contributed by atoms with Gasteiger partial charge in [0.05, 0.1) is 11.4 Å². The molecule has 3 aliphatic rings. The topological polar surface area (TPSA) is 72.3 Å². The third-order valence-corrected chi connectivity index (χ3v) is 6.09. The van der Waals surface area contributed by atoms with Gasteiger partial charge in [-0.2, -0.15) is 0 Å². The second-order valence-corrected chi connectivity index (χ2v) is 7.74. The maximum atomic E-state index is 12.6. The molecule has 0 spiro atoms. The molecule has 1 aliphatic carbocycles. The Bertz CT molecular complexity index is 620. The number of rotatable bonds is 4. The molecule has 4 rings (SSSR count). The Morgan fingerprint density at radius 1 is 1.27 bits per heavy atom. The maximum Gasteiger partial charge on any atom is 0.263 e. The maximum absolute atomic E-state index is 12.6. The Labute approximate surface area is 133 Å². The molecule has 1 saturated carbocycles. The summed E-state index contributed by atoms with van der Waals surface area (Å²) in [6.45, 7) is 4.47. The van der Waals surface area contributed by atoms with Crippen LogP contribution in [-0.4, -0.2) is 47.9 Å². The van der Waals surface area contributed by atoms with E-state index in [4.69, 9.17) is 5.53 Å². The zero-order valence-electron chi connectivity index (χ0n) is 12.4. The van der Waals surface area contributed by atoms with Crippen molar-refractivity contribution in [2.45, 2.75) is 25.4 Å². The fourth-order valence-corrected chi connectivity index (χ4v) is 4.66. The van der Waals surface area contributed by atoms with Gasteiger partial charge in [0, 0.05) is 42.0 Å². The number of carbonyl (C=O) groups is 1. The quantitative estimate of drug-likeness (QED) is 0.486. The van der Waals surface area contributed by atoms with Gasteiger partial charge in [-0.25, -0.2) is 0 Å². The third-order valence-electron chi connectivity index (χ3n) is 5.03. The van der Waals surface area contributed by atoms with Gasteiger partial charge in [-0.3, -0.25) is 9.69 Å². The lowest BCUT2D eigenvalue weighted by Crippen LogP contribution is -2.33. The lowest BCUT2D eigenvalue weighted by atomic mass is 10.0. The Hall–Kier alpha value is -1.56. The standard InChI is InChI=1S/C15H19N5OS/c16-18-17-5-13-3-4-14(22-13)15(21)20-8-10-6-19(12-1-2-12)7-11(10)9-20/h3-4,10-12H,1-2,5-9H2. The molecule has 7 heteroatoms. The van der Waals surface area contributed by atoms with Gasteiger partial charge in [-0.05, 0) is 42.3 Å². The molecule has 6 nitrogen and oxygen atoms in total. The summed E-state index contributed by atoms with van der Waals surface area (Å²) in [5.41, 5.74) is 8.36. The number of fused-ring (bicyclic) bond motifs is 1. The number of nitrogens with zero attached hydrogens (tertiary/aromatic N) is 5. The van der Waals surface area contributed by atoms with Gasteiger partial charge in [0.2, 0.25) is 0 Å². The number of amides is 1. The number of azide groups is 1. The first-order chi connectivity index (χ1) is 10.7. The zero-order chi connectivity index (χ0) is 15.1. The number of thiophene rings is 1. The van der Waals surface area contributed by atoms with E-state index in [1.54, 1.807) is 0 Å². The molecule has 0 bridgehead atoms. The molecule has 0 radical (unpaired) electrons. The molecule has 2 atom stereocenters. The highest BCUT2D eigenvalue weighted by Crippen LogP contribution is 2.38. The van der Waals surface area contributed by atoms with Crippen LogP contribution in [0.2, 0.25) is 0 Å². The number of hydrogen-bond donors (Lipinski definition) is 0. The van der Waals surface area contributed by atoms with E-state index in [1.807, 2.05) is 17.0 Å². The number of hydrogen-bond acceptors (Lipinski definition) is 4. The van der Waals surface area contributed by atoms with Gasteiger partial charge in [-0.1, -0.05) is 5.11 Å². The summed E-state index contributed by atoms with van der Waals surface area (Å²) in [6.07, 6.45) is 2.73. The molecule has 1 aromatic heterocycles. The van der Waals surface area contributed by atoms with Gasteiger partial charge in [0.25, 0.3) is 5.91 Å². The highest BCUT2D eigenvalue weighted by Gasteiger charge is 2.45. The largest absolute Gasteiger partial charge is 0.337 e. The van der Waals surface area contributed by atoms with Gasteiger partial charge in [0.1, 0.15) is 0 Å². The normalized spacial score (nSPS) is 27.7. The second-order valence-electron chi connectivity index (χ2n) is 6.57. The molecule has 2 saturated heterocycles. The molecule has 2 unspecified atom stereocenters. The summed E-state index contributed by atoms with van der Waals surface area (Å²) >= 11 is 1.44. The zero-order valence-corrected chi connectivity index (χ0v) is 13.2. The van der Waals surface area contributed by atoms with Gasteiger partial charge in [-0.15, -0.1) is 11.3 Å². The minimum absolute atomic E-state index is 0.143. The minimum atomic E-state index is 0.143. The van der Waals surface area contributed by atoms with Gasteiger partial charge < -0.3 is 4.90 Å². The van der Waals surface area contributed by atoms with Crippen molar-refractivity contribution in [1.82, 2.24) is 9.80 Å². The SMILES string of the molecule is [N-]=[N+]=NCc1ccc(C(=O)N2CC3CN(C4CC4)CC3C2)s1. The molecule has 0 aromatic carbocycles. The minimum Gasteiger partial charge on any atom is -0.337 e. The summed E-state index contributed by atoms with van der Waals surface area (Å²) < 4.78 is 0. The van der Waals surface area contributed by atoms with Crippen LogP contribution >= 0.6 is 11.3 Å². The molecule has 0 N–H and O–H groups in total. The average Bonchev–Trinajstić information content (AvgIpc) is 2.96. The summed E-state index contributed by atoms with van der Waals surface area (Å²) in [5.74, 6) is 1.46. The molecular weight excluding hydrogens is 298 g/mol. The van der Waals surface area contributed by atoms with Crippen molar-refractivity contribution < 1.29 is 4.79 Å². The smallest absolute Gasteiger partial charge is 0.263 e. The molecule has 3 fully saturated rings. The Morgan fingerprint density at radius 2 is 2.00 bits per heavy atom. The summed E-state index contributed by atoms with van der Waals surface area (Å²) in [5, 5.41) is 3.55. The Kier molecular flexibility index (Phi) is 3.56. The van der Waals surface area contributed by atoms with E-state index in [0.29, 0.717) is 18.4 Å². The van der Waals surface area contributed by atoms with E-state index in [0.717, 1.165) is 28.9 Å². The average molecular weight is 317 g/mol. The first-order valence-electron chi connectivity index (χ1n) is 7.87. The van der Waals surface area contributed by atoms with Crippen molar-refractivity contribution in [3.05, 3.63) is 32.3 Å². The number of carbonyl (C=O) groups excluding carboxylic acids is 1. The first kappa shape index (κ1) is 14.1.